The summed E-state index contributed by atoms with van der Waals surface area (Å²) in [4.78, 5) is 20.0. The molecular formula is C8H15N2O6P. The molecule has 0 aromatic rings. The number of cyclic esters (lactones) is 1. The first-order valence-corrected chi connectivity index (χ1v) is 7.02. The molecule has 2 atom stereocenters. The van der Waals surface area contributed by atoms with Gasteiger partial charge >= 0.3 is 5.97 Å². The van der Waals surface area contributed by atoms with E-state index in [0.29, 0.717) is 5.06 Å². The minimum Gasteiger partial charge on any atom is -0.457 e. The van der Waals surface area contributed by atoms with Gasteiger partial charge in [-0.25, -0.2) is 9.86 Å². The van der Waals surface area contributed by atoms with E-state index in [1.165, 1.54) is 6.08 Å². The number of esters is 1. The fraction of sp³-hybridized carbons (Fsp3) is 0.625. The summed E-state index contributed by atoms with van der Waals surface area (Å²) >= 11 is 0. The highest BCUT2D eigenvalue weighted by Gasteiger charge is 2.24. The molecule has 0 spiro atoms. The minimum absolute atomic E-state index is 0.00401. The molecule has 0 saturated heterocycles. The maximum Gasteiger partial charge on any atom is 0.357 e. The summed E-state index contributed by atoms with van der Waals surface area (Å²) in [5, 5.41) is 21.8. The third-order valence-corrected chi connectivity index (χ3v) is 3.41. The predicted molar refractivity (Wildman–Crippen MR) is 57.3 cm³/mol. The Balaban J connectivity index is 2.32. The molecule has 4 N–H and O–H groups in total. The van der Waals surface area contributed by atoms with Gasteiger partial charge < -0.3 is 14.7 Å². The fourth-order valence-corrected chi connectivity index (χ4v) is 1.59. The SMILES string of the molecule is CP(=O)(O)C(O)CNCN(O)C1=CCOC1=O. The molecule has 9 heteroatoms. The topological polar surface area (TPSA) is 119 Å². The Kier molecular flexibility index (Phi) is 4.67. The second kappa shape index (κ2) is 5.61. The number of hydrogen-bond donors (Lipinski definition) is 4. The summed E-state index contributed by atoms with van der Waals surface area (Å²) in [5.41, 5.74) is -0.00401. The molecule has 2 unspecified atom stereocenters. The smallest absolute Gasteiger partial charge is 0.357 e. The first-order chi connectivity index (χ1) is 7.82. The Hall–Kier alpha value is -0.920. The monoisotopic (exact) mass is 266 g/mol. The normalized spacial score (nSPS) is 20.5. The highest BCUT2D eigenvalue weighted by atomic mass is 31.2. The maximum atomic E-state index is 11.0. The Morgan fingerprint density at radius 1 is 1.71 bits per heavy atom. The molecule has 0 aromatic heterocycles. The van der Waals surface area contributed by atoms with E-state index >= 15 is 0 Å². The molecule has 17 heavy (non-hydrogen) atoms. The Bertz CT molecular complexity index is 365. The van der Waals surface area contributed by atoms with Crippen LogP contribution in [0.4, 0.5) is 0 Å². The third-order valence-electron chi connectivity index (χ3n) is 2.12. The quantitative estimate of drug-likeness (QED) is 0.207. The van der Waals surface area contributed by atoms with Crippen molar-refractivity contribution in [2.45, 2.75) is 5.85 Å². The number of aliphatic hydroxyl groups excluding tert-OH is 1. The maximum absolute atomic E-state index is 11.0. The van der Waals surface area contributed by atoms with Crippen molar-refractivity contribution in [2.24, 2.45) is 0 Å². The van der Waals surface area contributed by atoms with Crippen molar-refractivity contribution in [3.63, 3.8) is 0 Å². The molecule has 0 amide bonds. The lowest BCUT2D eigenvalue weighted by Gasteiger charge is -2.19. The summed E-state index contributed by atoms with van der Waals surface area (Å²) in [6, 6.07) is 0. The lowest BCUT2D eigenvalue weighted by molar-refractivity contribution is -0.144. The highest BCUT2D eigenvalue weighted by Crippen LogP contribution is 2.39. The van der Waals surface area contributed by atoms with Crippen LogP contribution >= 0.6 is 7.37 Å². The van der Waals surface area contributed by atoms with Crippen LogP contribution in [-0.4, -0.2) is 58.6 Å². The summed E-state index contributed by atoms with van der Waals surface area (Å²) in [6.45, 7) is 0.795. The van der Waals surface area contributed by atoms with Gasteiger partial charge in [0.15, 0.2) is 0 Å². The third kappa shape index (κ3) is 4.10. The zero-order valence-electron chi connectivity index (χ0n) is 9.24. The Morgan fingerprint density at radius 2 is 2.35 bits per heavy atom. The fourth-order valence-electron chi connectivity index (χ4n) is 1.12. The number of carbonyl (C=O) groups excluding carboxylic acids is 1. The van der Waals surface area contributed by atoms with Crippen molar-refractivity contribution in [3.8, 4) is 0 Å². The van der Waals surface area contributed by atoms with E-state index in [1.54, 1.807) is 0 Å². The number of aliphatic hydroxyl groups is 1. The molecule has 0 bridgehead atoms. The average molecular weight is 266 g/mol. The summed E-state index contributed by atoms with van der Waals surface area (Å²) in [6.07, 6.45) is 1.40. The van der Waals surface area contributed by atoms with Crippen LogP contribution in [-0.2, 0) is 14.1 Å². The Labute approximate surface area is 97.9 Å². The Morgan fingerprint density at radius 3 is 2.82 bits per heavy atom. The van der Waals surface area contributed by atoms with Gasteiger partial charge in [-0.2, -0.15) is 0 Å². The second-order valence-corrected chi connectivity index (χ2v) is 6.11. The van der Waals surface area contributed by atoms with Gasteiger partial charge in [0.25, 0.3) is 0 Å². The van der Waals surface area contributed by atoms with Crippen molar-refractivity contribution < 1.29 is 29.3 Å². The molecule has 1 rings (SSSR count). The predicted octanol–water partition coefficient (Wildman–Crippen LogP) is -1.12. The van der Waals surface area contributed by atoms with Gasteiger partial charge in [-0.05, 0) is 6.08 Å². The van der Waals surface area contributed by atoms with Gasteiger partial charge in [-0.15, -0.1) is 0 Å². The van der Waals surface area contributed by atoms with Crippen molar-refractivity contribution in [1.82, 2.24) is 10.4 Å². The number of ether oxygens (including phenoxy) is 1. The van der Waals surface area contributed by atoms with Crippen LogP contribution in [0.3, 0.4) is 0 Å². The summed E-state index contributed by atoms with van der Waals surface area (Å²) in [5.74, 6) is -2.06. The first-order valence-electron chi connectivity index (χ1n) is 4.85. The highest BCUT2D eigenvalue weighted by molar-refractivity contribution is 7.57. The number of hydroxylamine groups is 2. The molecule has 1 heterocycles. The van der Waals surface area contributed by atoms with E-state index in [1.807, 2.05) is 0 Å². The van der Waals surface area contributed by atoms with Crippen LogP contribution in [0, 0.1) is 0 Å². The van der Waals surface area contributed by atoms with Crippen LogP contribution in [0.2, 0.25) is 0 Å². The molecule has 0 aromatic carbocycles. The van der Waals surface area contributed by atoms with E-state index in [2.05, 4.69) is 10.1 Å². The molecule has 98 valence electrons. The van der Waals surface area contributed by atoms with Gasteiger partial charge in [-0.3, -0.25) is 15.1 Å². The molecule has 0 aliphatic carbocycles. The number of hydrogen-bond acceptors (Lipinski definition) is 7. The number of carbonyl (C=O) groups is 1. The van der Waals surface area contributed by atoms with Gasteiger partial charge in [-0.1, -0.05) is 0 Å². The molecule has 1 aliphatic heterocycles. The molecule has 0 saturated carbocycles. The molecular weight excluding hydrogens is 251 g/mol. The van der Waals surface area contributed by atoms with E-state index in [0.717, 1.165) is 6.66 Å². The van der Waals surface area contributed by atoms with Crippen molar-refractivity contribution >= 4 is 13.3 Å². The van der Waals surface area contributed by atoms with Crippen LogP contribution in [0.15, 0.2) is 11.8 Å². The van der Waals surface area contributed by atoms with Crippen molar-refractivity contribution in [1.29, 1.82) is 0 Å². The number of rotatable bonds is 6. The standard InChI is InChI=1S/C8H15N2O6P/c1-17(14,15)7(11)4-9-5-10(13)6-2-3-16-8(6)12/h2,7,9,11,13H,3-5H2,1H3,(H,14,15). The molecule has 0 radical (unpaired) electrons. The van der Waals surface area contributed by atoms with Crippen LogP contribution in [0.25, 0.3) is 0 Å². The largest absolute Gasteiger partial charge is 0.457 e. The summed E-state index contributed by atoms with van der Waals surface area (Å²) in [7, 11) is -3.57. The van der Waals surface area contributed by atoms with Crippen LogP contribution in [0.1, 0.15) is 0 Å². The molecule has 1 aliphatic rings. The second-order valence-electron chi connectivity index (χ2n) is 3.62. The van der Waals surface area contributed by atoms with Crippen molar-refractivity contribution in [2.75, 3.05) is 26.5 Å². The van der Waals surface area contributed by atoms with Gasteiger partial charge in [0.2, 0.25) is 7.37 Å². The van der Waals surface area contributed by atoms with E-state index in [4.69, 9.17) is 4.89 Å². The van der Waals surface area contributed by atoms with E-state index in [-0.39, 0.29) is 25.5 Å². The first kappa shape index (κ1) is 14.1. The van der Waals surface area contributed by atoms with Crippen LogP contribution in [0.5, 0.6) is 0 Å². The number of nitrogens with zero attached hydrogens (tertiary/aromatic N) is 1. The van der Waals surface area contributed by atoms with E-state index < -0.39 is 19.2 Å². The van der Waals surface area contributed by atoms with E-state index in [9.17, 15) is 19.7 Å². The van der Waals surface area contributed by atoms with Crippen molar-refractivity contribution in [3.05, 3.63) is 11.8 Å². The van der Waals surface area contributed by atoms with Gasteiger partial charge in [0.05, 0.1) is 6.67 Å². The zero-order chi connectivity index (χ0) is 13.1. The lowest BCUT2D eigenvalue weighted by atomic mass is 10.4. The zero-order valence-corrected chi connectivity index (χ0v) is 10.1. The number of nitrogens with one attached hydrogen (secondary N) is 1. The van der Waals surface area contributed by atoms with Crippen LogP contribution < -0.4 is 5.32 Å². The lowest BCUT2D eigenvalue weighted by Crippen LogP contribution is -2.36. The van der Waals surface area contributed by atoms with Gasteiger partial charge in [0.1, 0.15) is 18.1 Å². The molecule has 8 nitrogen and oxygen atoms in total. The average Bonchev–Trinajstić information content (AvgIpc) is 2.62. The minimum atomic E-state index is -3.57. The summed E-state index contributed by atoms with van der Waals surface area (Å²) < 4.78 is 15.6. The van der Waals surface area contributed by atoms with Gasteiger partial charge in [0, 0.05) is 13.2 Å². The molecule has 0 fully saturated rings.